The van der Waals surface area contributed by atoms with E-state index in [0.29, 0.717) is 12.3 Å². The van der Waals surface area contributed by atoms with Gasteiger partial charge < -0.3 is 0 Å². The van der Waals surface area contributed by atoms with Crippen molar-refractivity contribution in [2.24, 2.45) is 5.92 Å². The highest BCUT2D eigenvalue weighted by Crippen LogP contribution is 2.23. The van der Waals surface area contributed by atoms with Crippen molar-refractivity contribution in [2.45, 2.75) is 32.6 Å². The molecule has 0 radical (unpaired) electrons. The van der Waals surface area contributed by atoms with E-state index >= 15 is 0 Å². The lowest BCUT2D eigenvalue weighted by Crippen LogP contribution is -2.06. The SMILES string of the molecule is C=CCC(C(=O)S)c1ccc(CC(C)C)cc1. The molecule has 1 rings (SSSR count). The average Bonchev–Trinajstić information content (AvgIpc) is 2.26. The van der Waals surface area contributed by atoms with Gasteiger partial charge in [-0.15, -0.1) is 19.2 Å². The number of carbonyl (C=O) groups is 1. The summed E-state index contributed by atoms with van der Waals surface area (Å²) in [6.45, 7) is 8.08. The van der Waals surface area contributed by atoms with E-state index in [-0.39, 0.29) is 11.0 Å². The van der Waals surface area contributed by atoms with Crippen LogP contribution in [0.2, 0.25) is 0 Å². The summed E-state index contributed by atoms with van der Waals surface area (Å²) < 4.78 is 0. The fraction of sp³-hybridized carbons (Fsp3) is 0.400. The molecule has 0 fully saturated rings. The molecule has 1 nitrogen and oxygen atoms in total. The second-order valence-corrected chi connectivity index (χ2v) is 5.20. The summed E-state index contributed by atoms with van der Waals surface area (Å²) >= 11 is 3.93. The van der Waals surface area contributed by atoms with Crippen molar-refractivity contribution in [3.8, 4) is 0 Å². The highest BCUT2D eigenvalue weighted by molar-refractivity contribution is 7.96. The number of hydrogen-bond acceptors (Lipinski definition) is 1. The molecule has 0 bridgehead atoms. The standard InChI is InChI=1S/C15H20OS/c1-4-5-14(15(16)17)13-8-6-12(7-9-13)10-11(2)3/h4,6-9,11,14H,1,5,10H2,2-3H3,(H,16,17). The van der Waals surface area contributed by atoms with Crippen LogP contribution in [-0.2, 0) is 11.2 Å². The maximum atomic E-state index is 11.4. The molecule has 0 amide bonds. The van der Waals surface area contributed by atoms with Gasteiger partial charge in [-0.1, -0.05) is 44.2 Å². The molecular weight excluding hydrogens is 228 g/mol. The molecule has 0 saturated carbocycles. The molecule has 17 heavy (non-hydrogen) atoms. The minimum Gasteiger partial charge on any atom is -0.287 e. The van der Waals surface area contributed by atoms with E-state index in [1.54, 1.807) is 6.08 Å². The number of thiol groups is 1. The molecule has 1 aromatic carbocycles. The minimum atomic E-state index is -0.163. The van der Waals surface area contributed by atoms with Gasteiger partial charge in [-0.25, -0.2) is 0 Å². The van der Waals surface area contributed by atoms with Crippen molar-refractivity contribution in [2.75, 3.05) is 0 Å². The van der Waals surface area contributed by atoms with Crippen LogP contribution in [0, 0.1) is 5.92 Å². The molecule has 0 saturated heterocycles. The molecule has 0 spiro atoms. The first-order valence-corrected chi connectivity index (χ1v) is 6.41. The van der Waals surface area contributed by atoms with Gasteiger partial charge in [0.2, 0.25) is 0 Å². The van der Waals surface area contributed by atoms with Crippen LogP contribution in [0.25, 0.3) is 0 Å². The molecular formula is C15H20OS. The normalized spacial score (nSPS) is 12.5. The molecule has 0 heterocycles. The predicted molar refractivity (Wildman–Crippen MR) is 76.5 cm³/mol. The van der Waals surface area contributed by atoms with Crippen molar-refractivity contribution < 1.29 is 4.79 Å². The lowest BCUT2D eigenvalue weighted by molar-refractivity contribution is -0.112. The Labute approximate surface area is 109 Å². The van der Waals surface area contributed by atoms with Crippen LogP contribution in [0.4, 0.5) is 0 Å². The summed E-state index contributed by atoms with van der Waals surface area (Å²) in [6, 6.07) is 8.25. The second-order valence-electron chi connectivity index (χ2n) is 4.75. The van der Waals surface area contributed by atoms with E-state index in [0.717, 1.165) is 12.0 Å². The molecule has 0 aliphatic carbocycles. The van der Waals surface area contributed by atoms with Crippen LogP contribution in [-0.4, -0.2) is 5.12 Å². The van der Waals surface area contributed by atoms with Crippen LogP contribution < -0.4 is 0 Å². The Balaban J connectivity index is 2.84. The van der Waals surface area contributed by atoms with Crippen molar-refractivity contribution in [1.29, 1.82) is 0 Å². The third kappa shape index (κ3) is 4.39. The summed E-state index contributed by atoms with van der Waals surface area (Å²) in [4.78, 5) is 11.4. The number of benzene rings is 1. The lowest BCUT2D eigenvalue weighted by atomic mass is 9.94. The summed E-state index contributed by atoms with van der Waals surface area (Å²) in [5.41, 5.74) is 2.34. The lowest BCUT2D eigenvalue weighted by Gasteiger charge is -2.12. The Bertz CT molecular complexity index is 378. The van der Waals surface area contributed by atoms with Gasteiger partial charge >= 0.3 is 0 Å². The molecule has 0 aliphatic rings. The Morgan fingerprint density at radius 3 is 2.35 bits per heavy atom. The number of allylic oxidation sites excluding steroid dienone is 1. The monoisotopic (exact) mass is 248 g/mol. The number of carbonyl (C=O) groups excluding carboxylic acids is 1. The zero-order valence-corrected chi connectivity index (χ0v) is 11.4. The first kappa shape index (κ1) is 14.0. The Kier molecular flexibility index (Phi) is 5.49. The molecule has 1 atom stereocenters. The quantitative estimate of drug-likeness (QED) is 0.595. The fourth-order valence-corrected chi connectivity index (χ4v) is 2.16. The Morgan fingerprint density at radius 2 is 1.94 bits per heavy atom. The van der Waals surface area contributed by atoms with Gasteiger partial charge in [0.05, 0.1) is 5.92 Å². The maximum absolute atomic E-state index is 11.4. The number of rotatable bonds is 6. The summed E-state index contributed by atoms with van der Waals surface area (Å²) in [5, 5.41) is -0.0958. The highest BCUT2D eigenvalue weighted by atomic mass is 32.1. The Hall–Kier alpha value is -1.02. The van der Waals surface area contributed by atoms with Crippen molar-refractivity contribution in [3.05, 3.63) is 48.0 Å². The van der Waals surface area contributed by atoms with Crippen LogP contribution in [0.1, 0.15) is 37.3 Å². The summed E-state index contributed by atoms with van der Waals surface area (Å²) in [7, 11) is 0. The minimum absolute atomic E-state index is 0.0958. The third-order valence-corrected chi connectivity index (χ3v) is 3.04. The zero-order chi connectivity index (χ0) is 12.8. The van der Waals surface area contributed by atoms with Gasteiger partial charge in [0.1, 0.15) is 0 Å². The van der Waals surface area contributed by atoms with Crippen LogP contribution in [0.5, 0.6) is 0 Å². The van der Waals surface area contributed by atoms with Gasteiger partial charge in [-0.2, -0.15) is 0 Å². The van der Waals surface area contributed by atoms with Crippen molar-refractivity contribution in [1.82, 2.24) is 0 Å². The maximum Gasteiger partial charge on any atom is 0.193 e. The average molecular weight is 248 g/mol. The van der Waals surface area contributed by atoms with Crippen LogP contribution in [0.3, 0.4) is 0 Å². The van der Waals surface area contributed by atoms with Gasteiger partial charge in [0, 0.05) is 0 Å². The number of hydrogen-bond donors (Lipinski definition) is 1. The van der Waals surface area contributed by atoms with Crippen molar-refractivity contribution >= 4 is 17.7 Å². The third-order valence-electron chi connectivity index (χ3n) is 2.73. The topological polar surface area (TPSA) is 17.1 Å². The van der Waals surface area contributed by atoms with Crippen molar-refractivity contribution in [3.63, 3.8) is 0 Å². The molecule has 2 heteroatoms. The fourth-order valence-electron chi connectivity index (χ4n) is 1.90. The van der Waals surface area contributed by atoms with Gasteiger partial charge in [0.25, 0.3) is 0 Å². The van der Waals surface area contributed by atoms with Gasteiger partial charge in [-0.3, -0.25) is 4.79 Å². The highest BCUT2D eigenvalue weighted by Gasteiger charge is 2.15. The summed E-state index contributed by atoms with van der Waals surface area (Å²) in [5.74, 6) is 0.486. The first-order valence-electron chi connectivity index (χ1n) is 5.97. The Morgan fingerprint density at radius 1 is 1.35 bits per heavy atom. The van der Waals surface area contributed by atoms with E-state index in [1.165, 1.54) is 5.56 Å². The largest absolute Gasteiger partial charge is 0.287 e. The smallest absolute Gasteiger partial charge is 0.193 e. The van der Waals surface area contributed by atoms with Crippen LogP contribution in [0.15, 0.2) is 36.9 Å². The van der Waals surface area contributed by atoms with E-state index in [2.05, 4.69) is 45.2 Å². The van der Waals surface area contributed by atoms with E-state index in [4.69, 9.17) is 0 Å². The summed E-state index contributed by atoms with van der Waals surface area (Å²) in [6.07, 6.45) is 3.48. The molecule has 0 aromatic heterocycles. The van der Waals surface area contributed by atoms with E-state index in [1.807, 2.05) is 12.1 Å². The van der Waals surface area contributed by atoms with Gasteiger partial charge in [-0.05, 0) is 29.9 Å². The van der Waals surface area contributed by atoms with Gasteiger partial charge in [0.15, 0.2) is 5.12 Å². The molecule has 1 aromatic rings. The molecule has 1 unspecified atom stereocenters. The molecule has 0 aliphatic heterocycles. The predicted octanol–water partition coefficient (Wildman–Crippen LogP) is 4.00. The van der Waals surface area contributed by atoms with E-state index in [9.17, 15) is 4.79 Å². The van der Waals surface area contributed by atoms with Crippen LogP contribution >= 0.6 is 12.6 Å². The molecule has 0 N–H and O–H groups in total. The second kappa shape index (κ2) is 6.65. The van der Waals surface area contributed by atoms with E-state index < -0.39 is 0 Å². The first-order chi connectivity index (χ1) is 8.04. The molecule has 92 valence electrons. The zero-order valence-electron chi connectivity index (χ0n) is 10.5.